The summed E-state index contributed by atoms with van der Waals surface area (Å²) in [5, 5.41) is 10.2. The fourth-order valence-electron chi connectivity index (χ4n) is 2.48. The fourth-order valence-corrected chi connectivity index (χ4v) is 2.48. The minimum atomic E-state index is -0.263. The number of Topliss-reactive ketones (excluding diaryl/α,β-unsaturated/α-hetero) is 1. The second kappa shape index (κ2) is 5.71. The predicted octanol–water partition coefficient (Wildman–Crippen LogP) is 4.27. The van der Waals surface area contributed by atoms with Crippen LogP contribution in [0.3, 0.4) is 0 Å². The Bertz CT molecular complexity index is 926. The topological polar surface area (TPSA) is 56.6 Å². The summed E-state index contributed by atoms with van der Waals surface area (Å²) in [6.45, 7) is 1.98. The number of fused-ring (bicyclic) bond motifs is 1. The minimum Gasteiger partial charge on any atom is -0.360 e. The third-order valence-electron chi connectivity index (χ3n) is 3.55. The van der Waals surface area contributed by atoms with Gasteiger partial charge in [-0.05, 0) is 24.6 Å². The quantitative estimate of drug-likeness (QED) is 0.444. The van der Waals surface area contributed by atoms with E-state index in [1.165, 1.54) is 0 Å². The highest BCUT2D eigenvalue weighted by molar-refractivity contribution is 6.19. The van der Waals surface area contributed by atoms with Crippen LogP contribution in [0.2, 0.25) is 0 Å². The number of nitrogens with one attached hydrogen (secondary N) is 1. The molecule has 3 nitrogen and oxygen atoms in total. The predicted molar refractivity (Wildman–Crippen MR) is 87.4 cm³/mol. The van der Waals surface area contributed by atoms with Crippen molar-refractivity contribution in [1.82, 2.24) is 4.98 Å². The molecule has 0 radical (unpaired) electrons. The van der Waals surface area contributed by atoms with Gasteiger partial charge in [0.15, 0.2) is 0 Å². The van der Waals surface area contributed by atoms with Gasteiger partial charge in [0.1, 0.15) is 11.6 Å². The maximum absolute atomic E-state index is 12.6. The van der Waals surface area contributed by atoms with E-state index in [0.29, 0.717) is 5.56 Å². The third-order valence-corrected chi connectivity index (χ3v) is 3.55. The number of H-pyrrole nitrogens is 1. The van der Waals surface area contributed by atoms with Gasteiger partial charge in [-0.1, -0.05) is 48.0 Å². The number of aryl methyl sites for hydroxylation is 1. The van der Waals surface area contributed by atoms with E-state index in [1.54, 1.807) is 12.3 Å². The van der Waals surface area contributed by atoms with E-state index in [0.717, 1.165) is 22.0 Å². The summed E-state index contributed by atoms with van der Waals surface area (Å²) < 4.78 is 0. The standard InChI is InChI=1S/C19H14N2O/c1-13-5-4-6-14(9-13)10-15(11-20)19(22)17-12-21-18-8-3-2-7-16(17)18/h2-10,12,21H,1H3/b15-10+. The van der Waals surface area contributed by atoms with Crippen LogP contribution in [-0.4, -0.2) is 10.8 Å². The molecule has 0 fully saturated rings. The Balaban J connectivity index is 2.04. The number of aromatic amines is 1. The van der Waals surface area contributed by atoms with Crippen molar-refractivity contribution < 1.29 is 4.79 Å². The van der Waals surface area contributed by atoms with Crippen LogP contribution < -0.4 is 0 Å². The average molecular weight is 286 g/mol. The van der Waals surface area contributed by atoms with E-state index < -0.39 is 0 Å². The number of benzene rings is 2. The lowest BCUT2D eigenvalue weighted by Crippen LogP contribution is -2.01. The number of carbonyl (C=O) groups is 1. The van der Waals surface area contributed by atoms with E-state index in [4.69, 9.17) is 0 Å². The zero-order valence-corrected chi connectivity index (χ0v) is 12.1. The number of rotatable bonds is 3. The number of hydrogen-bond acceptors (Lipinski definition) is 2. The van der Waals surface area contributed by atoms with Crippen molar-refractivity contribution >= 4 is 22.8 Å². The maximum Gasteiger partial charge on any atom is 0.205 e. The van der Waals surface area contributed by atoms with Crippen molar-refractivity contribution in [2.45, 2.75) is 6.92 Å². The Morgan fingerprint density at radius 2 is 2.00 bits per heavy atom. The van der Waals surface area contributed by atoms with Crippen molar-refractivity contribution in [3.05, 3.63) is 77.0 Å². The second-order valence-electron chi connectivity index (χ2n) is 5.16. The Labute approximate surface area is 128 Å². The van der Waals surface area contributed by atoms with Crippen molar-refractivity contribution in [2.24, 2.45) is 0 Å². The van der Waals surface area contributed by atoms with Crippen LogP contribution in [0.5, 0.6) is 0 Å². The van der Waals surface area contributed by atoms with Gasteiger partial charge in [-0.3, -0.25) is 4.79 Å². The molecule has 0 amide bonds. The number of ketones is 1. The van der Waals surface area contributed by atoms with E-state index in [-0.39, 0.29) is 11.4 Å². The highest BCUT2D eigenvalue weighted by Gasteiger charge is 2.16. The van der Waals surface area contributed by atoms with E-state index in [1.807, 2.05) is 61.5 Å². The van der Waals surface area contributed by atoms with Gasteiger partial charge >= 0.3 is 0 Å². The van der Waals surface area contributed by atoms with Crippen molar-refractivity contribution in [3.63, 3.8) is 0 Å². The first-order valence-corrected chi connectivity index (χ1v) is 6.98. The van der Waals surface area contributed by atoms with Crippen LogP contribution in [0.4, 0.5) is 0 Å². The van der Waals surface area contributed by atoms with Crippen LogP contribution in [0, 0.1) is 18.3 Å². The number of allylic oxidation sites excluding steroid dienone is 1. The average Bonchev–Trinajstić information content (AvgIpc) is 2.96. The van der Waals surface area contributed by atoms with Crippen LogP contribution >= 0.6 is 0 Å². The van der Waals surface area contributed by atoms with Gasteiger partial charge < -0.3 is 4.98 Å². The molecule has 0 unspecified atom stereocenters. The summed E-state index contributed by atoms with van der Waals surface area (Å²) in [7, 11) is 0. The van der Waals surface area contributed by atoms with E-state index in [9.17, 15) is 10.1 Å². The molecule has 0 spiro atoms. The first kappa shape index (κ1) is 13.8. The number of para-hydroxylation sites is 1. The molecule has 1 heterocycles. The zero-order valence-electron chi connectivity index (χ0n) is 12.1. The van der Waals surface area contributed by atoms with E-state index >= 15 is 0 Å². The normalized spacial score (nSPS) is 11.4. The summed E-state index contributed by atoms with van der Waals surface area (Å²) in [4.78, 5) is 15.7. The second-order valence-corrected chi connectivity index (χ2v) is 5.16. The molecule has 0 aliphatic rings. The molecule has 106 valence electrons. The third kappa shape index (κ3) is 2.55. The van der Waals surface area contributed by atoms with Gasteiger partial charge in [-0.2, -0.15) is 5.26 Å². The number of aromatic nitrogens is 1. The molecule has 0 saturated carbocycles. The molecule has 0 aliphatic heterocycles. The first-order chi connectivity index (χ1) is 10.7. The van der Waals surface area contributed by atoms with Crippen LogP contribution in [0.15, 0.2) is 60.3 Å². The molecule has 1 aromatic heterocycles. The zero-order chi connectivity index (χ0) is 15.5. The summed E-state index contributed by atoms with van der Waals surface area (Å²) in [5.74, 6) is -0.263. The summed E-state index contributed by atoms with van der Waals surface area (Å²) in [6, 6.07) is 17.3. The number of carbonyl (C=O) groups excluding carboxylic acids is 1. The molecule has 3 heteroatoms. The highest BCUT2D eigenvalue weighted by atomic mass is 16.1. The van der Waals surface area contributed by atoms with Crippen LogP contribution in [0.1, 0.15) is 21.5 Å². The lowest BCUT2D eigenvalue weighted by atomic mass is 10.0. The Kier molecular flexibility index (Phi) is 3.59. The van der Waals surface area contributed by atoms with Gasteiger partial charge in [0.25, 0.3) is 0 Å². The smallest absolute Gasteiger partial charge is 0.205 e. The molecule has 0 atom stereocenters. The molecule has 3 aromatic rings. The van der Waals surface area contributed by atoms with E-state index in [2.05, 4.69) is 4.98 Å². The van der Waals surface area contributed by atoms with Crippen molar-refractivity contribution in [1.29, 1.82) is 5.26 Å². The lowest BCUT2D eigenvalue weighted by molar-refractivity contribution is 0.104. The van der Waals surface area contributed by atoms with Crippen LogP contribution in [-0.2, 0) is 0 Å². The molecular formula is C19H14N2O. The number of hydrogen-bond donors (Lipinski definition) is 1. The number of nitriles is 1. The Morgan fingerprint density at radius 3 is 2.77 bits per heavy atom. The molecule has 0 saturated heterocycles. The van der Waals surface area contributed by atoms with Gasteiger partial charge in [0.05, 0.1) is 0 Å². The van der Waals surface area contributed by atoms with Gasteiger partial charge in [0, 0.05) is 22.7 Å². The summed E-state index contributed by atoms with van der Waals surface area (Å²) in [6.07, 6.45) is 3.30. The van der Waals surface area contributed by atoms with Gasteiger partial charge in [-0.25, -0.2) is 0 Å². The molecule has 2 aromatic carbocycles. The molecule has 22 heavy (non-hydrogen) atoms. The monoisotopic (exact) mass is 286 g/mol. The largest absolute Gasteiger partial charge is 0.360 e. The lowest BCUT2D eigenvalue weighted by Gasteiger charge is -2.00. The minimum absolute atomic E-state index is 0.135. The summed E-state index contributed by atoms with van der Waals surface area (Å²) >= 11 is 0. The maximum atomic E-state index is 12.6. The Hall–Kier alpha value is -3.12. The molecular weight excluding hydrogens is 272 g/mol. The highest BCUT2D eigenvalue weighted by Crippen LogP contribution is 2.21. The van der Waals surface area contributed by atoms with Crippen molar-refractivity contribution in [2.75, 3.05) is 0 Å². The molecule has 3 rings (SSSR count). The molecule has 0 bridgehead atoms. The SMILES string of the molecule is Cc1cccc(/C=C(\C#N)C(=O)c2c[nH]c3ccccc23)c1. The fraction of sp³-hybridized carbons (Fsp3) is 0.0526. The van der Waals surface area contributed by atoms with Gasteiger partial charge in [0.2, 0.25) is 5.78 Å². The number of nitrogens with zero attached hydrogens (tertiary/aromatic N) is 1. The molecule has 1 N–H and O–H groups in total. The van der Waals surface area contributed by atoms with Crippen molar-refractivity contribution in [3.8, 4) is 6.07 Å². The van der Waals surface area contributed by atoms with Crippen LogP contribution in [0.25, 0.3) is 17.0 Å². The molecule has 0 aliphatic carbocycles. The first-order valence-electron chi connectivity index (χ1n) is 6.98. The summed E-state index contributed by atoms with van der Waals surface area (Å²) in [5.41, 5.74) is 3.49. The van der Waals surface area contributed by atoms with Gasteiger partial charge in [-0.15, -0.1) is 0 Å². The Morgan fingerprint density at radius 1 is 1.18 bits per heavy atom.